The zero-order valence-electron chi connectivity index (χ0n) is 8.56. The molecule has 1 atom stereocenters. The van der Waals surface area contributed by atoms with E-state index in [0.717, 1.165) is 13.1 Å². The number of alkyl halides is 1. The molecule has 1 aliphatic heterocycles. The van der Waals surface area contributed by atoms with Gasteiger partial charge in [0.2, 0.25) is 0 Å². The second-order valence-electron chi connectivity index (χ2n) is 3.89. The Morgan fingerprint density at radius 2 is 2.08 bits per heavy atom. The van der Waals surface area contributed by atoms with Crippen molar-refractivity contribution in [1.29, 1.82) is 0 Å². The van der Waals surface area contributed by atoms with Crippen LogP contribution in [0.4, 0.5) is 0 Å². The van der Waals surface area contributed by atoms with Gasteiger partial charge in [-0.1, -0.05) is 0 Å². The number of hydrogen-bond donors (Lipinski definition) is 1. The number of nitrogens with one attached hydrogen (secondary N) is 1. The molecule has 1 N–H and O–H groups in total. The van der Waals surface area contributed by atoms with Gasteiger partial charge in [0.05, 0.1) is 0 Å². The van der Waals surface area contributed by atoms with Crippen molar-refractivity contribution in [3.05, 3.63) is 0 Å². The lowest BCUT2D eigenvalue weighted by atomic mass is 10.3. The smallest absolute Gasteiger partial charge is 0.0432 e. The molecule has 0 bridgehead atoms. The van der Waals surface area contributed by atoms with E-state index >= 15 is 0 Å². The predicted octanol–water partition coefficient (Wildman–Crippen LogP) is 1.69. The van der Waals surface area contributed by atoms with Crippen LogP contribution in [0.3, 0.4) is 0 Å². The largest absolute Gasteiger partial charge is 0.315 e. The van der Waals surface area contributed by atoms with Crippen LogP contribution in [0.1, 0.15) is 26.2 Å². The molecule has 1 rings (SSSR count). The topological polar surface area (TPSA) is 15.3 Å². The average Bonchev–Trinajstić information content (AvgIpc) is 2.55. The Balaban J connectivity index is 1.83. The molecule has 0 amide bonds. The van der Waals surface area contributed by atoms with Gasteiger partial charge < -0.3 is 10.2 Å². The second-order valence-corrected chi connectivity index (χ2v) is 4.63. The fraction of sp³-hybridized carbons (Fsp3) is 1.00. The van der Waals surface area contributed by atoms with E-state index in [1.54, 1.807) is 0 Å². The van der Waals surface area contributed by atoms with Gasteiger partial charge in [-0.25, -0.2) is 0 Å². The van der Waals surface area contributed by atoms with E-state index in [0.29, 0.717) is 0 Å². The summed E-state index contributed by atoms with van der Waals surface area (Å²) in [5.41, 5.74) is 0. The number of likely N-dealkylation sites (tertiary alicyclic amines) is 1. The van der Waals surface area contributed by atoms with Crippen molar-refractivity contribution >= 4 is 11.6 Å². The average molecular weight is 205 g/mol. The summed E-state index contributed by atoms with van der Waals surface area (Å²) in [6.07, 6.45) is 4.04. The third-order valence-electron chi connectivity index (χ3n) is 2.45. The Kier molecular flexibility index (Phi) is 5.76. The lowest BCUT2D eigenvalue weighted by Crippen LogP contribution is -2.27. The maximum absolute atomic E-state index is 5.81. The Labute approximate surface area is 86.6 Å². The van der Waals surface area contributed by atoms with Gasteiger partial charge in [0.1, 0.15) is 0 Å². The molecule has 0 radical (unpaired) electrons. The summed E-state index contributed by atoms with van der Waals surface area (Å²) in [5.74, 6) is 0. The normalized spacial score (nSPS) is 20.8. The minimum Gasteiger partial charge on any atom is -0.315 e. The SMILES string of the molecule is CC(Cl)CNCCCN1CCCC1. The zero-order valence-corrected chi connectivity index (χ0v) is 9.32. The molecule has 1 aliphatic rings. The molecule has 0 aromatic heterocycles. The van der Waals surface area contributed by atoms with Crippen molar-refractivity contribution in [2.45, 2.75) is 31.6 Å². The lowest BCUT2D eigenvalue weighted by molar-refractivity contribution is 0.331. The van der Waals surface area contributed by atoms with Gasteiger partial charge in [0.15, 0.2) is 0 Å². The molecule has 3 heteroatoms. The van der Waals surface area contributed by atoms with Crippen molar-refractivity contribution in [1.82, 2.24) is 10.2 Å². The van der Waals surface area contributed by atoms with Gasteiger partial charge >= 0.3 is 0 Å². The number of halogens is 1. The van der Waals surface area contributed by atoms with E-state index < -0.39 is 0 Å². The standard InChI is InChI=1S/C10H21ClN2/c1-10(11)9-12-5-4-8-13-6-2-3-7-13/h10,12H,2-9H2,1H3. The highest BCUT2D eigenvalue weighted by atomic mass is 35.5. The first-order valence-corrected chi connectivity index (χ1v) is 5.80. The lowest BCUT2D eigenvalue weighted by Gasteiger charge is -2.14. The highest BCUT2D eigenvalue weighted by molar-refractivity contribution is 6.20. The van der Waals surface area contributed by atoms with Crippen molar-refractivity contribution in [2.75, 3.05) is 32.7 Å². The van der Waals surface area contributed by atoms with Crippen LogP contribution >= 0.6 is 11.6 Å². The molecule has 1 fully saturated rings. The number of rotatable bonds is 6. The molecule has 0 aromatic rings. The van der Waals surface area contributed by atoms with Gasteiger partial charge in [-0.2, -0.15) is 0 Å². The minimum absolute atomic E-state index is 0.256. The second kappa shape index (κ2) is 6.63. The van der Waals surface area contributed by atoms with Crippen LogP contribution in [0.5, 0.6) is 0 Å². The molecule has 1 saturated heterocycles. The fourth-order valence-corrected chi connectivity index (χ4v) is 1.84. The summed E-state index contributed by atoms with van der Waals surface area (Å²) >= 11 is 5.81. The molecular formula is C10H21ClN2. The number of hydrogen-bond acceptors (Lipinski definition) is 2. The van der Waals surface area contributed by atoms with Crippen LogP contribution in [0.2, 0.25) is 0 Å². The fourth-order valence-electron chi connectivity index (χ4n) is 1.73. The summed E-state index contributed by atoms with van der Waals surface area (Å²) in [6.45, 7) is 7.94. The summed E-state index contributed by atoms with van der Waals surface area (Å²) in [4.78, 5) is 2.55. The van der Waals surface area contributed by atoms with E-state index in [-0.39, 0.29) is 5.38 Å². The van der Waals surface area contributed by atoms with Gasteiger partial charge in [-0.15, -0.1) is 11.6 Å². The Bertz CT molecular complexity index is 122. The van der Waals surface area contributed by atoms with E-state index in [1.807, 2.05) is 6.92 Å². The van der Waals surface area contributed by atoms with Crippen molar-refractivity contribution in [2.24, 2.45) is 0 Å². The van der Waals surface area contributed by atoms with E-state index in [4.69, 9.17) is 11.6 Å². The third kappa shape index (κ3) is 5.50. The van der Waals surface area contributed by atoms with Crippen molar-refractivity contribution < 1.29 is 0 Å². The summed E-state index contributed by atoms with van der Waals surface area (Å²) in [6, 6.07) is 0. The van der Waals surface area contributed by atoms with Crippen molar-refractivity contribution in [3.8, 4) is 0 Å². The molecule has 2 nitrogen and oxygen atoms in total. The predicted molar refractivity (Wildman–Crippen MR) is 58.5 cm³/mol. The minimum atomic E-state index is 0.256. The highest BCUT2D eigenvalue weighted by Gasteiger charge is 2.09. The van der Waals surface area contributed by atoms with Crippen LogP contribution in [0.25, 0.3) is 0 Å². The summed E-state index contributed by atoms with van der Waals surface area (Å²) in [5, 5.41) is 3.61. The first kappa shape index (κ1) is 11.3. The Hall–Kier alpha value is 0.210. The van der Waals surface area contributed by atoms with Gasteiger partial charge in [-0.05, 0) is 52.4 Å². The van der Waals surface area contributed by atoms with E-state index in [9.17, 15) is 0 Å². The van der Waals surface area contributed by atoms with Gasteiger partial charge in [0, 0.05) is 11.9 Å². The quantitative estimate of drug-likeness (QED) is 0.524. The molecule has 0 aliphatic carbocycles. The maximum Gasteiger partial charge on any atom is 0.0432 e. The molecule has 13 heavy (non-hydrogen) atoms. The first-order valence-electron chi connectivity index (χ1n) is 5.36. The highest BCUT2D eigenvalue weighted by Crippen LogP contribution is 2.06. The molecule has 1 heterocycles. The van der Waals surface area contributed by atoms with Crippen LogP contribution in [0.15, 0.2) is 0 Å². The third-order valence-corrected chi connectivity index (χ3v) is 2.61. The van der Waals surface area contributed by atoms with E-state index in [1.165, 1.54) is 38.9 Å². The van der Waals surface area contributed by atoms with Gasteiger partial charge in [0.25, 0.3) is 0 Å². The zero-order chi connectivity index (χ0) is 9.52. The molecular weight excluding hydrogens is 184 g/mol. The molecule has 1 unspecified atom stereocenters. The molecule has 0 saturated carbocycles. The van der Waals surface area contributed by atoms with Crippen molar-refractivity contribution in [3.63, 3.8) is 0 Å². The molecule has 0 aromatic carbocycles. The maximum atomic E-state index is 5.81. The van der Waals surface area contributed by atoms with E-state index in [2.05, 4.69) is 10.2 Å². The summed E-state index contributed by atoms with van der Waals surface area (Å²) in [7, 11) is 0. The van der Waals surface area contributed by atoms with Gasteiger partial charge in [-0.3, -0.25) is 0 Å². The summed E-state index contributed by atoms with van der Waals surface area (Å²) < 4.78 is 0. The van der Waals surface area contributed by atoms with Crippen LogP contribution < -0.4 is 5.32 Å². The monoisotopic (exact) mass is 204 g/mol. The number of nitrogens with zero attached hydrogens (tertiary/aromatic N) is 1. The Morgan fingerprint density at radius 1 is 1.38 bits per heavy atom. The Morgan fingerprint density at radius 3 is 2.69 bits per heavy atom. The van der Waals surface area contributed by atoms with Crippen LogP contribution in [0, 0.1) is 0 Å². The first-order chi connectivity index (χ1) is 6.29. The van der Waals surface area contributed by atoms with Crippen LogP contribution in [-0.4, -0.2) is 43.0 Å². The van der Waals surface area contributed by atoms with Crippen LogP contribution in [-0.2, 0) is 0 Å². The molecule has 78 valence electrons. The molecule has 0 spiro atoms.